The van der Waals surface area contributed by atoms with E-state index in [1.54, 1.807) is 4.90 Å². The van der Waals surface area contributed by atoms with E-state index in [-0.39, 0.29) is 11.9 Å². The maximum absolute atomic E-state index is 12.4. The molecule has 1 aliphatic heterocycles. The molecule has 0 amide bonds. The van der Waals surface area contributed by atoms with E-state index in [0.717, 1.165) is 12.5 Å². The summed E-state index contributed by atoms with van der Waals surface area (Å²) < 4.78 is 33.8. The summed E-state index contributed by atoms with van der Waals surface area (Å²) in [4.78, 5) is 23.5. The number of ether oxygens (including phenoxy) is 2. The third-order valence-electron chi connectivity index (χ3n) is 3.68. The van der Waals surface area contributed by atoms with E-state index in [0.29, 0.717) is 25.2 Å². The highest BCUT2D eigenvalue weighted by Gasteiger charge is 2.28. The Morgan fingerprint density at radius 3 is 2.83 bits per heavy atom. The van der Waals surface area contributed by atoms with Crippen molar-refractivity contribution in [2.24, 2.45) is 5.92 Å². The summed E-state index contributed by atoms with van der Waals surface area (Å²) in [6.07, 6.45) is 1.40. The number of nitrogens with zero attached hydrogens (tertiary/aromatic N) is 2. The summed E-state index contributed by atoms with van der Waals surface area (Å²) in [5.41, 5.74) is -0.0459. The van der Waals surface area contributed by atoms with E-state index in [4.69, 9.17) is 4.74 Å². The molecule has 23 heavy (non-hydrogen) atoms. The topological polar surface area (TPSA) is 81.9 Å². The van der Waals surface area contributed by atoms with Gasteiger partial charge in [0.2, 0.25) is 5.75 Å². The van der Waals surface area contributed by atoms with Gasteiger partial charge in [0.15, 0.2) is 0 Å². The molecule has 1 aromatic rings. The number of anilines is 1. The van der Waals surface area contributed by atoms with Gasteiger partial charge in [-0.25, -0.2) is 0 Å². The fourth-order valence-corrected chi connectivity index (χ4v) is 2.61. The van der Waals surface area contributed by atoms with Crippen LogP contribution in [0.5, 0.6) is 5.75 Å². The summed E-state index contributed by atoms with van der Waals surface area (Å²) in [7, 11) is 1.31. The van der Waals surface area contributed by atoms with E-state index < -0.39 is 23.0 Å². The van der Waals surface area contributed by atoms with Gasteiger partial charge >= 0.3 is 18.3 Å². The molecule has 7 nitrogen and oxygen atoms in total. The quantitative estimate of drug-likeness (QED) is 0.469. The number of hydrogen-bond acceptors (Lipinski definition) is 6. The van der Waals surface area contributed by atoms with E-state index in [2.05, 4.69) is 4.74 Å². The number of carbonyl (C=O) groups is 1. The van der Waals surface area contributed by atoms with Gasteiger partial charge in [-0.15, -0.1) is 0 Å². The molecule has 0 spiro atoms. The van der Waals surface area contributed by atoms with Crippen LogP contribution in [0.2, 0.25) is 0 Å². The highest BCUT2D eigenvalue weighted by Crippen LogP contribution is 2.34. The summed E-state index contributed by atoms with van der Waals surface area (Å²) in [5.74, 6) is -1.15. The standard InChI is InChI=1S/C14H16F2N2O5/c1-22-13(19)9-3-2-6-17(8-9)10-4-5-11(18(20)21)12(7-10)23-14(15)16/h4-5,7,9,14H,2-3,6,8H2,1H3/t9-/m1/s1. The largest absolute Gasteiger partial charge is 0.469 e. The smallest absolute Gasteiger partial charge is 0.387 e. The second-order valence-corrected chi connectivity index (χ2v) is 5.10. The highest BCUT2D eigenvalue weighted by molar-refractivity contribution is 5.73. The predicted octanol–water partition coefficient (Wildman–Crippen LogP) is 2.59. The molecule has 1 heterocycles. The molecule has 126 valence electrons. The van der Waals surface area contributed by atoms with Gasteiger partial charge in [0, 0.05) is 30.9 Å². The van der Waals surface area contributed by atoms with Crippen LogP contribution in [-0.2, 0) is 9.53 Å². The van der Waals surface area contributed by atoms with Gasteiger partial charge in [-0.05, 0) is 18.9 Å². The number of hydrogen-bond donors (Lipinski definition) is 0. The van der Waals surface area contributed by atoms with Crippen LogP contribution in [-0.4, -0.2) is 37.7 Å². The molecule has 1 atom stereocenters. The number of esters is 1. The molecule has 0 radical (unpaired) electrons. The summed E-state index contributed by atoms with van der Waals surface area (Å²) in [6.45, 7) is -2.19. The Bertz CT molecular complexity index is 597. The Kier molecular flexibility index (Phi) is 5.30. The first-order chi connectivity index (χ1) is 10.9. The Morgan fingerprint density at radius 2 is 2.22 bits per heavy atom. The van der Waals surface area contributed by atoms with Gasteiger partial charge in [-0.1, -0.05) is 0 Å². The monoisotopic (exact) mass is 330 g/mol. The van der Waals surface area contributed by atoms with Crippen molar-refractivity contribution in [1.82, 2.24) is 0 Å². The Labute approximate surface area is 130 Å². The van der Waals surface area contributed by atoms with Gasteiger partial charge in [-0.2, -0.15) is 8.78 Å². The first-order valence-electron chi connectivity index (χ1n) is 6.98. The fourth-order valence-electron chi connectivity index (χ4n) is 2.61. The number of rotatable bonds is 5. The Balaban J connectivity index is 2.25. The maximum Gasteiger partial charge on any atom is 0.387 e. The predicted molar refractivity (Wildman–Crippen MR) is 76.7 cm³/mol. The lowest BCUT2D eigenvalue weighted by Crippen LogP contribution is -2.39. The number of piperidine rings is 1. The van der Waals surface area contributed by atoms with Crippen molar-refractivity contribution in [2.45, 2.75) is 19.5 Å². The van der Waals surface area contributed by atoms with Crippen LogP contribution in [0.25, 0.3) is 0 Å². The summed E-state index contributed by atoms with van der Waals surface area (Å²) in [6, 6.07) is 3.77. The minimum Gasteiger partial charge on any atom is -0.469 e. The molecule has 0 aliphatic carbocycles. The van der Waals surface area contributed by atoms with E-state index in [9.17, 15) is 23.7 Å². The summed E-state index contributed by atoms with van der Waals surface area (Å²) in [5, 5.41) is 10.9. The fraction of sp³-hybridized carbons (Fsp3) is 0.500. The van der Waals surface area contributed by atoms with Crippen LogP contribution < -0.4 is 9.64 Å². The molecule has 1 fully saturated rings. The van der Waals surface area contributed by atoms with Crippen LogP contribution >= 0.6 is 0 Å². The van der Waals surface area contributed by atoms with Crippen molar-refractivity contribution in [3.05, 3.63) is 28.3 Å². The molecule has 1 saturated heterocycles. The lowest BCUT2D eigenvalue weighted by Gasteiger charge is -2.33. The molecule has 1 aromatic carbocycles. The SMILES string of the molecule is COC(=O)[C@@H]1CCCN(c2ccc([N+](=O)[O-])c(OC(F)F)c2)C1. The summed E-state index contributed by atoms with van der Waals surface area (Å²) >= 11 is 0. The van der Waals surface area contributed by atoms with E-state index in [1.165, 1.54) is 19.2 Å². The Morgan fingerprint density at radius 1 is 1.48 bits per heavy atom. The number of nitro groups is 1. The number of benzene rings is 1. The van der Waals surface area contributed by atoms with Gasteiger partial charge in [0.25, 0.3) is 0 Å². The molecular weight excluding hydrogens is 314 g/mol. The zero-order valence-corrected chi connectivity index (χ0v) is 12.4. The molecule has 1 aliphatic rings. The second kappa shape index (κ2) is 7.21. The van der Waals surface area contributed by atoms with E-state index in [1.807, 2.05) is 0 Å². The van der Waals surface area contributed by atoms with Crippen LogP contribution in [0.1, 0.15) is 12.8 Å². The molecular formula is C14H16F2N2O5. The van der Waals surface area contributed by atoms with Crippen molar-refractivity contribution in [3.8, 4) is 5.75 Å². The van der Waals surface area contributed by atoms with E-state index >= 15 is 0 Å². The number of halogens is 2. The van der Waals surface area contributed by atoms with Crippen LogP contribution in [0, 0.1) is 16.0 Å². The Hall–Kier alpha value is -2.45. The minimum atomic E-state index is -3.16. The molecule has 0 bridgehead atoms. The van der Waals surface area contributed by atoms with Crippen molar-refractivity contribution in [3.63, 3.8) is 0 Å². The van der Waals surface area contributed by atoms with Crippen molar-refractivity contribution >= 4 is 17.3 Å². The maximum atomic E-state index is 12.4. The normalized spacial score (nSPS) is 17.9. The highest BCUT2D eigenvalue weighted by atomic mass is 19.3. The van der Waals surface area contributed by atoms with Crippen molar-refractivity contribution in [1.29, 1.82) is 0 Å². The van der Waals surface area contributed by atoms with Crippen LogP contribution in [0.3, 0.4) is 0 Å². The number of carbonyl (C=O) groups excluding carboxylic acids is 1. The second-order valence-electron chi connectivity index (χ2n) is 5.10. The van der Waals surface area contributed by atoms with Crippen molar-refractivity contribution < 1.29 is 28.0 Å². The number of nitro benzene ring substituents is 1. The van der Waals surface area contributed by atoms with Crippen LogP contribution in [0.15, 0.2) is 18.2 Å². The van der Waals surface area contributed by atoms with Crippen LogP contribution in [0.4, 0.5) is 20.2 Å². The molecule has 0 aromatic heterocycles. The van der Waals surface area contributed by atoms with Gasteiger partial charge in [0.05, 0.1) is 18.0 Å². The molecule has 0 saturated carbocycles. The molecule has 2 rings (SSSR count). The average molecular weight is 330 g/mol. The number of methoxy groups -OCH3 is 1. The lowest BCUT2D eigenvalue weighted by atomic mass is 9.97. The zero-order valence-electron chi connectivity index (χ0n) is 12.4. The third kappa shape index (κ3) is 4.05. The first kappa shape index (κ1) is 16.9. The third-order valence-corrected chi connectivity index (χ3v) is 3.68. The van der Waals surface area contributed by atoms with Crippen molar-refractivity contribution in [2.75, 3.05) is 25.1 Å². The van der Waals surface area contributed by atoms with Gasteiger partial charge in [0.1, 0.15) is 0 Å². The molecule has 0 unspecified atom stereocenters. The lowest BCUT2D eigenvalue weighted by molar-refractivity contribution is -0.386. The molecule has 0 N–H and O–H groups in total. The van der Waals surface area contributed by atoms with Gasteiger partial charge in [-0.3, -0.25) is 14.9 Å². The van der Waals surface area contributed by atoms with Gasteiger partial charge < -0.3 is 14.4 Å². The first-order valence-corrected chi connectivity index (χ1v) is 6.98. The minimum absolute atomic E-state index is 0.316. The molecule has 9 heteroatoms. The number of alkyl halides is 2. The average Bonchev–Trinajstić information content (AvgIpc) is 2.53. The zero-order chi connectivity index (χ0) is 17.0.